The number of hydrogen-bond donors (Lipinski definition) is 1. The van der Waals surface area contributed by atoms with E-state index in [0.717, 1.165) is 62.3 Å². The molecular weight excluding hydrogens is 571 g/mol. The van der Waals surface area contributed by atoms with Crippen molar-refractivity contribution in [2.75, 3.05) is 37.7 Å². The first-order valence-electron chi connectivity index (χ1n) is 14.3. The van der Waals surface area contributed by atoms with E-state index in [0.29, 0.717) is 58.7 Å². The minimum Gasteiger partial charge on any atom is -0.476 e. The van der Waals surface area contributed by atoms with Crippen molar-refractivity contribution < 1.29 is 17.9 Å². The lowest BCUT2D eigenvalue weighted by atomic mass is 9.95. The molecule has 0 unspecified atom stereocenters. The number of benzene rings is 2. The maximum absolute atomic E-state index is 16.6. The maximum atomic E-state index is 16.6. The van der Waals surface area contributed by atoms with Crippen LogP contribution in [0.3, 0.4) is 0 Å². The number of rotatable bonds is 5. The van der Waals surface area contributed by atoms with Gasteiger partial charge in [0.2, 0.25) is 5.88 Å². The summed E-state index contributed by atoms with van der Waals surface area (Å²) in [5, 5.41) is 4.47. The van der Waals surface area contributed by atoms with Gasteiger partial charge in [0.25, 0.3) is 0 Å². The summed E-state index contributed by atoms with van der Waals surface area (Å²) >= 11 is 7.97. The Bertz CT molecular complexity index is 1670. The summed E-state index contributed by atoms with van der Waals surface area (Å²) in [5.41, 5.74) is 3.09. The van der Waals surface area contributed by atoms with Gasteiger partial charge in [-0.05, 0) is 50.4 Å². The van der Waals surface area contributed by atoms with Crippen molar-refractivity contribution in [3.63, 3.8) is 0 Å². The highest BCUT2D eigenvalue weighted by Crippen LogP contribution is 2.44. The van der Waals surface area contributed by atoms with Gasteiger partial charge in [-0.3, -0.25) is 4.90 Å². The Morgan fingerprint density at radius 2 is 1.95 bits per heavy atom. The van der Waals surface area contributed by atoms with Crippen LogP contribution in [0, 0.1) is 11.6 Å². The molecule has 4 atom stereocenters. The van der Waals surface area contributed by atoms with Gasteiger partial charge in [0.15, 0.2) is 5.82 Å². The van der Waals surface area contributed by atoms with Crippen molar-refractivity contribution in [3.05, 3.63) is 46.4 Å². The molecular formula is C30H29ClF3N5OS. The summed E-state index contributed by atoms with van der Waals surface area (Å²) in [6, 6.07) is 7.21. The Morgan fingerprint density at radius 1 is 1.12 bits per heavy atom. The van der Waals surface area contributed by atoms with Crippen molar-refractivity contribution in [1.29, 1.82) is 0 Å². The zero-order chi connectivity index (χ0) is 27.9. The quantitative estimate of drug-likeness (QED) is 0.289. The van der Waals surface area contributed by atoms with Crippen molar-refractivity contribution in [2.45, 2.75) is 55.9 Å². The zero-order valence-corrected chi connectivity index (χ0v) is 23.9. The molecule has 4 saturated heterocycles. The third-order valence-electron chi connectivity index (χ3n) is 9.46. The maximum Gasteiger partial charge on any atom is 0.216 e. The van der Waals surface area contributed by atoms with E-state index < -0.39 is 17.8 Å². The number of nitrogens with one attached hydrogen (secondary N) is 1. The molecule has 2 bridgehead atoms. The minimum atomic E-state index is -0.865. The van der Waals surface area contributed by atoms with E-state index in [2.05, 4.69) is 25.1 Å². The number of alkyl halides is 1. The van der Waals surface area contributed by atoms with Crippen molar-refractivity contribution in [2.24, 2.45) is 0 Å². The van der Waals surface area contributed by atoms with Gasteiger partial charge < -0.3 is 15.0 Å². The number of aromatic nitrogens is 2. The van der Waals surface area contributed by atoms with Gasteiger partial charge in [-0.2, -0.15) is 0 Å². The van der Waals surface area contributed by atoms with Gasteiger partial charge in [-0.1, -0.05) is 11.6 Å². The molecule has 1 N–H and O–H groups in total. The Morgan fingerprint density at radius 3 is 2.78 bits per heavy atom. The molecule has 0 aliphatic carbocycles. The summed E-state index contributed by atoms with van der Waals surface area (Å²) in [6.45, 7) is 3.17. The van der Waals surface area contributed by atoms with Crippen LogP contribution >= 0.6 is 22.9 Å². The van der Waals surface area contributed by atoms with Gasteiger partial charge in [0, 0.05) is 60.7 Å². The van der Waals surface area contributed by atoms with E-state index in [1.54, 1.807) is 11.6 Å². The highest BCUT2D eigenvalue weighted by molar-refractivity contribution is 7.16. The number of anilines is 1. The summed E-state index contributed by atoms with van der Waals surface area (Å²) in [6.07, 6.45) is 3.66. The van der Waals surface area contributed by atoms with Crippen molar-refractivity contribution >= 4 is 49.7 Å². The largest absolute Gasteiger partial charge is 0.476 e. The van der Waals surface area contributed by atoms with Crippen LogP contribution in [0.25, 0.3) is 32.2 Å². The number of ether oxygens (including phenoxy) is 1. The first-order chi connectivity index (χ1) is 19.9. The zero-order valence-electron chi connectivity index (χ0n) is 22.3. The van der Waals surface area contributed by atoms with E-state index in [-0.39, 0.29) is 21.6 Å². The number of halogens is 4. The second-order valence-electron chi connectivity index (χ2n) is 12.0. The Balaban J connectivity index is 1.26. The van der Waals surface area contributed by atoms with Crippen LogP contribution in [0.2, 0.25) is 5.02 Å². The topological polar surface area (TPSA) is 53.5 Å². The van der Waals surface area contributed by atoms with Gasteiger partial charge in [0.05, 0.1) is 32.0 Å². The molecule has 6 heterocycles. The predicted octanol–water partition coefficient (Wildman–Crippen LogP) is 6.34. The van der Waals surface area contributed by atoms with Crippen LogP contribution in [0.1, 0.15) is 32.1 Å². The number of hydrogen-bond acceptors (Lipinski definition) is 7. The molecule has 0 saturated carbocycles. The SMILES string of the molecule is Fc1c(-c2ccc(F)c3scnc23)c(Cl)cc2c(N3C[C@H]4CC[C@@H](C3)N4)cc(OC[C@@]34CCCN3C[C@H](F)C4)nc12. The molecule has 2 aromatic heterocycles. The summed E-state index contributed by atoms with van der Waals surface area (Å²) in [7, 11) is 0. The lowest BCUT2D eigenvalue weighted by Crippen LogP contribution is -2.51. The molecule has 11 heteroatoms. The molecule has 0 radical (unpaired) electrons. The van der Waals surface area contributed by atoms with Crippen molar-refractivity contribution in [3.8, 4) is 17.0 Å². The Labute approximate surface area is 244 Å². The van der Waals surface area contributed by atoms with E-state index in [1.165, 1.54) is 12.1 Å². The third-order valence-corrected chi connectivity index (χ3v) is 10.6. The molecule has 4 aliphatic heterocycles. The van der Waals surface area contributed by atoms with E-state index in [1.807, 2.05) is 6.07 Å². The molecule has 0 spiro atoms. The Kier molecular flexibility index (Phi) is 6.15. The second-order valence-corrected chi connectivity index (χ2v) is 13.2. The lowest BCUT2D eigenvalue weighted by molar-refractivity contribution is 0.111. The van der Waals surface area contributed by atoms with Crippen LogP contribution < -0.4 is 15.0 Å². The van der Waals surface area contributed by atoms with Crippen LogP contribution in [-0.4, -0.2) is 71.4 Å². The molecule has 6 nitrogen and oxygen atoms in total. The monoisotopic (exact) mass is 599 g/mol. The number of thiazole rings is 1. The van der Waals surface area contributed by atoms with E-state index in [4.69, 9.17) is 16.3 Å². The molecule has 41 heavy (non-hydrogen) atoms. The summed E-state index contributed by atoms with van der Waals surface area (Å²) in [4.78, 5) is 13.5. The molecule has 4 aliphatic rings. The molecule has 4 aromatic rings. The fourth-order valence-electron chi connectivity index (χ4n) is 7.60. The standard InChI is InChI=1S/C30H29ClF3N5OS/c31-21-8-20-23(38-12-17-2-3-18(13-38)36-17)9-24(40-14-30-6-1-7-39(30)11-16(32)10-30)37-27(20)26(34)25(21)19-4-5-22(33)29-28(19)35-15-41-29/h4-5,8-9,15-18,36H,1-3,6-7,10-14H2/t16-,17-,18+,30+/m1/s1. The van der Waals surface area contributed by atoms with Crippen LogP contribution in [-0.2, 0) is 0 Å². The molecule has 214 valence electrons. The molecule has 8 rings (SSSR count). The van der Waals surface area contributed by atoms with Gasteiger partial charge in [-0.15, -0.1) is 11.3 Å². The predicted molar refractivity (Wildman–Crippen MR) is 156 cm³/mol. The lowest BCUT2D eigenvalue weighted by Gasteiger charge is -2.35. The van der Waals surface area contributed by atoms with E-state index >= 15 is 4.39 Å². The van der Waals surface area contributed by atoms with Crippen LogP contribution in [0.4, 0.5) is 18.9 Å². The average Bonchev–Trinajstić information content (AvgIpc) is 3.72. The summed E-state index contributed by atoms with van der Waals surface area (Å²) in [5.74, 6) is -0.689. The first kappa shape index (κ1) is 26.0. The normalized spacial score (nSPS) is 27.8. The molecule has 2 aromatic carbocycles. The highest BCUT2D eigenvalue weighted by atomic mass is 35.5. The van der Waals surface area contributed by atoms with Gasteiger partial charge in [0.1, 0.15) is 24.1 Å². The number of pyridine rings is 1. The third kappa shape index (κ3) is 4.20. The minimum absolute atomic E-state index is 0.141. The Hall–Kier alpha value is -2.66. The van der Waals surface area contributed by atoms with Gasteiger partial charge >= 0.3 is 0 Å². The highest BCUT2D eigenvalue weighted by Gasteiger charge is 2.49. The summed E-state index contributed by atoms with van der Waals surface area (Å²) < 4.78 is 52.2. The van der Waals surface area contributed by atoms with Gasteiger partial charge in [-0.25, -0.2) is 23.1 Å². The average molecular weight is 600 g/mol. The van der Waals surface area contributed by atoms with E-state index in [9.17, 15) is 8.78 Å². The first-order valence-corrected chi connectivity index (χ1v) is 15.5. The number of fused-ring (bicyclic) bond motifs is 5. The fourth-order valence-corrected chi connectivity index (χ4v) is 8.62. The second kappa shape index (κ2) is 9.69. The van der Waals surface area contributed by atoms with Crippen molar-refractivity contribution in [1.82, 2.24) is 20.2 Å². The number of piperazine rings is 1. The molecule has 0 amide bonds. The van der Waals surface area contributed by atoms with Crippen LogP contribution in [0.15, 0.2) is 29.8 Å². The smallest absolute Gasteiger partial charge is 0.216 e. The fraction of sp³-hybridized carbons (Fsp3) is 0.467. The number of nitrogens with zero attached hydrogens (tertiary/aromatic N) is 4. The van der Waals surface area contributed by atoms with Crippen LogP contribution in [0.5, 0.6) is 5.88 Å². The molecule has 4 fully saturated rings.